The highest BCUT2D eigenvalue weighted by Crippen LogP contribution is 2.42. The van der Waals surface area contributed by atoms with E-state index in [2.05, 4.69) is 5.16 Å². The Morgan fingerprint density at radius 3 is 2.54 bits per heavy atom. The maximum atomic E-state index is 13.2. The van der Waals surface area contributed by atoms with Gasteiger partial charge < -0.3 is 9.57 Å². The van der Waals surface area contributed by atoms with Gasteiger partial charge in [0, 0.05) is 10.4 Å². The van der Waals surface area contributed by atoms with Crippen molar-refractivity contribution in [3.8, 4) is 0 Å². The highest BCUT2D eigenvalue weighted by molar-refractivity contribution is 7.17. The van der Waals surface area contributed by atoms with E-state index in [1.807, 2.05) is 0 Å². The Balaban J connectivity index is 1.76. The van der Waals surface area contributed by atoms with Crippen molar-refractivity contribution in [3.05, 3.63) is 51.7 Å². The number of anilines is 1. The van der Waals surface area contributed by atoms with Crippen LogP contribution in [-0.2, 0) is 19.2 Å². The fourth-order valence-corrected chi connectivity index (χ4v) is 4.50. The second-order valence-electron chi connectivity index (χ2n) is 6.45. The second kappa shape index (κ2) is 6.52. The van der Waals surface area contributed by atoms with Crippen LogP contribution in [0.15, 0.2) is 29.4 Å². The number of imide groups is 1. The van der Waals surface area contributed by atoms with Crippen LogP contribution in [0.5, 0.6) is 0 Å². The van der Waals surface area contributed by atoms with Crippen LogP contribution in [0.3, 0.4) is 0 Å². The van der Waals surface area contributed by atoms with Crippen molar-refractivity contribution in [2.75, 3.05) is 12.0 Å². The number of nitrogens with zero attached hydrogens (tertiary/aromatic N) is 2. The molecule has 2 aliphatic rings. The van der Waals surface area contributed by atoms with E-state index in [9.17, 15) is 18.8 Å². The molecule has 144 valence electrons. The molecule has 1 saturated heterocycles. The van der Waals surface area contributed by atoms with Gasteiger partial charge in [0.1, 0.15) is 22.4 Å². The van der Waals surface area contributed by atoms with E-state index >= 15 is 0 Å². The number of oxime groups is 1. The zero-order chi connectivity index (χ0) is 20.2. The molecule has 0 saturated carbocycles. The highest BCUT2D eigenvalue weighted by atomic mass is 32.1. The first-order valence-electron chi connectivity index (χ1n) is 8.41. The smallest absolute Gasteiger partial charge is 0.341 e. The lowest BCUT2D eigenvalue weighted by Gasteiger charge is -2.15. The van der Waals surface area contributed by atoms with E-state index in [1.54, 1.807) is 13.8 Å². The zero-order valence-electron chi connectivity index (χ0n) is 15.2. The molecule has 0 aliphatic carbocycles. The molecule has 0 N–H and O–H groups in total. The summed E-state index contributed by atoms with van der Waals surface area (Å²) in [4.78, 5) is 45.3. The summed E-state index contributed by atoms with van der Waals surface area (Å²) in [6.07, 6.45) is -1.11. The molecule has 0 radical (unpaired) electrons. The fourth-order valence-electron chi connectivity index (χ4n) is 3.35. The molecule has 4 rings (SSSR count). The third-order valence-electron chi connectivity index (χ3n) is 4.91. The molecule has 0 unspecified atom stereocenters. The predicted molar refractivity (Wildman–Crippen MR) is 98.9 cm³/mol. The Hall–Kier alpha value is -3.07. The zero-order valence-corrected chi connectivity index (χ0v) is 16.0. The van der Waals surface area contributed by atoms with Gasteiger partial charge in [-0.05, 0) is 31.5 Å². The van der Waals surface area contributed by atoms with Crippen LogP contribution in [0.4, 0.5) is 9.39 Å². The van der Waals surface area contributed by atoms with Crippen molar-refractivity contribution in [1.82, 2.24) is 0 Å². The summed E-state index contributed by atoms with van der Waals surface area (Å²) >= 11 is 1.17. The molecule has 1 aromatic heterocycles. The number of esters is 1. The number of thiophene rings is 1. The first-order chi connectivity index (χ1) is 13.3. The molecule has 1 fully saturated rings. The Kier molecular flexibility index (Phi) is 4.26. The summed E-state index contributed by atoms with van der Waals surface area (Å²) < 4.78 is 18.0. The lowest BCUT2D eigenvalue weighted by atomic mass is 9.94. The van der Waals surface area contributed by atoms with Gasteiger partial charge in [0.2, 0.25) is 12.0 Å². The number of amides is 2. The van der Waals surface area contributed by atoms with E-state index in [1.165, 1.54) is 42.7 Å². The lowest BCUT2D eigenvalue weighted by molar-refractivity contribution is -0.126. The first-order valence-corrected chi connectivity index (χ1v) is 9.22. The minimum Gasteiger partial charge on any atom is -0.465 e. The Bertz CT molecular complexity index is 1040. The number of aryl methyl sites for hydroxylation is 1. The van der Waals surface area contributed by atoms with Crippen molar-refractivity contribution in [3.63, 3.8) is 0 Å². The molecule has 1 aromatic carbocycles. The molecule has 3 heterocycles. The third kappa shape index (κ3) is 2.54. The van der Waals surface area contributed by atoms with E-state index in [0.29, 0.717) is 11.1 Å². The minimum absolute atomic E-state index is 0.187. The van der Waals surface area contributed by atoms with Crippen molar-refractivity contribution in [1.29, 1.82) is 0 Å². The van der Waals surface area contributed by atoms with E-state index < -0.39 is 35.6 Å². The molecule has 2 amide bonds. The monoisotopic (exact) mass is 402 g/mol. The number of ether oxygens (including phenoxy) is 1. The molecule has 28 heavy (non-hydrogen) atoms. The summed E-state index contributed by atoms with van der Waals surface area (Å²) in [6.45, 7) is 3.53. The molecular weight excluding hydrogens is 387 g/mol. The van der Waals surface area contributed by atoms with Crippen LogP contribution in [0.2, 0.25) is 0 Å². The van der Waals surface area contributed by atoms with Gasteiger partial charge in [-0.15, -0.1) is 11.3 Å². The van der Waals surface area contributed by atoms with Crippen LogP contribution in [0.25, 0.3) is 0 Å². The maximum Gasteiger partial charge on any atom is 0.341 e. The summed E-state index contributed by atoms with van der Waals surface area (Å²) in [5, 5.41) is 4.10. The number of hydrogen-bond donors (Lipinski definition) is 0. The third-order valence-corrected chi connectivity index (χ3v) is 6.10. The molecule has 2 aliphatic heterocycles. The van der Waals surface area contributed by atoms with Crippen LogP contribution >= 0.6 is 11.3 Å². The summed E-state index contributed by atoms with van der Waals surface area (Å²) in [5.74, 6) is -3.14. The van der Waals surface area contributed by atoms with E-state index in [0.717, 1.165) is 9.78 Å². The van der Waals surface area contributed by atoms with Crippen LogP contribution < -0.4 is 4.90 Å². The van der Waals surface area contributed by atoms with Crippen molar-refractivity contribution < 1.29 is 28.3 Å². The maximum absolute atomic E-state index is 13.2. The summed E-state index contributed by atoms with van der Waals surface area (Å²) in [6, 6.07) is 5.43. The van der Waals surface area contributed by atoms with Gasteiger partial charge in [-0.25, -0.2) is 14.1 Å². The normalized spacial score (nSPS) is 20.9. The number of carbonyl (C=O) groups excluding carboxylic acids is 3. The minimum atomic E-state index is -1.11. The summed E-state index contributed by atoms with van der Waals surface area (Å²) in [7, 11) is 1.24. The Labute approximate surface area is 163 Å². The molecule has 0 bridgehead atoms. The predicted octanol–water partition coefficient (Wildman–Crippen LogP) is 2.58. The summed E-state index contributed by atoms with van der Waals surface area (Å²) in [5.41, 5.74) is 1.59. The average Bonchev–Trinajstić information content (AvgIpc) is 3.30. The van der Waals surface area contributed by atoms with Gasteiger partial charge in [-0.3, -0.25) is 9.59 Å². The molecular formula is C19H15FN2O5S. The largest absolute Gasteiger partial charge is 0.465 e. The van der Waals surface area contributed by atoms with Crippen molar-refractivity contribution in [2.45, 2.75) is 20.0 Å². The van der Waals surface area contributed by atoms with Gasteiger partial charge in [0.25, 0.3) is 5.91 Å². The van der Waals surface area contributed by atoms with Gasteiger partial charge >= 0.3 is 5.97 Å². The number of rotatable bonds is 3. The molecule has 2 aromatic rings. The first kappa shape index (κ1) is 18.3. The quantitative estimate of drug-likeness (QED) is 0.582. The number of fused-ring (bicyclic) bond motifs is 1. The number of benzene rings is 1. The van der Waals surface area contributed by atoms with Gasteiger partial charge in [0.05, 0.1) is 12.7 Å². The Morgan fingerprint density at radius 2 is 1.89 bits per heavy atom. The molecule has 0 spiro atoms. The number of carbonyl (C=O) groups is 3. The fraction of sp³-hybridized carbons (Fsp3) is 0.263. The number of halogens is 1. The average molecular weight is 402 g/mol. The standard InChI is InChI=1S/C19H15FN2O5S/c1-8-9(2)28-18(12(8)19(25)26-3)22-16(23)13-14(21-27-15(13)17(22)24)10-4-6-11(20)7-5-10/h4-7,13,15H,1-3H3/t13-,15-/m0/s1. The lowest BCUT2D eigenvalue weighted by Crippen LogP contribution is -2.33. The van der Waals surface area contributed by atoms with Crippen molar-refractivity contribution in [2.24, 2.45) is 11.1 Å². The Morgan fingerprint density at radius 1 is 1.21 bits per heavy atom. The van der Waals surface area contributed by atoms with E-state index in [-0.39, 0.29) is 16.3 Å². The van der Waals surface area contributed by atoms with Crippen LogP contribution in [0.1, 0.15) is 26.4 Å². The van der Waals surface area contributed by atoms with Gasteiger partial charge in [0.15, 0.2) is 0 Å². The molecule has 7 nitrogen and oxygen atoms in total. The number of methoxy groups -OCH3 is 1. The molecule has 2 atom stereocenters. The van der Waals surface area contributed by atoms with E-state index in [4.69, 9.17) is 9.57 Å². The van der Waals surface area contributed by atoms with Gasteiger partial charge in [-0.2, -0.15) is 0 Å². The van der Waals surface area contributed by atoms with Crippen molar-refractivity contribution >= 4 is 39.8 Å². The topological polar surface area (TPSA) is 85.3 Å². The number of hydrogen-bond acceptors (Lipinski definition) is 7. The van der Waals surface area contributed by atoms with Crippen LogP contribution in [0, 0.1) is 25.6 Å². The second-order valence-corrected chi connectivity index (χ2v) is 7.66. The van der Waals surface area contributed by atoms with Gasteiger partial charge in [-0.1, -0.05) is 17.3 Å². The molecule has 9 heteroatoms. The highest BCUT2D eigenvalue weighted by Gasteiger charge is 2.57. The SMILES string of the molecule is COC(=O)c1c(N2C(=O)[C@H]3C(c4ccc(F)cc4)=NO[C@@H]3C2=O)sc(C)c1C. The van der Waals surface area contributed by atoms with Crippen LogP contribution in [-0.4, -0.2) is 36.7 Å².